The first-order chi connectivity index (χ1) is 8.65. The number of thioether (sulfide) groups is 1. The summed E-state index contributed by atoms with van der Waals surface area (Å²) in [7, 11) is 2.14. The standard InChI is InChI=1S/C11H18N4O2S/c1-14-4-2-9(3-5-14)6-15-8-12-13-11(15)18-7-10(16)17/h8-9H,2-7H2,1H3,(H,16,17). The second kappa shape index (κ2) is 6.19. The topological polar surface area (TPSA) is 71.2 Å². The number of piperidine rings is 1. The lowest BCUT2D eigenvalue weighted by Crippen LogP contribution is -2.31. The predicted octanol–water partition coefficient (Wildman–Crippen LogP) is 0.797. The van der Waals surface area contributed by atoms with Gasteiger partial charge in [0.15, 0.2) is 5.16 Å². The van der Waals surface area contributed by atoms with Gasteiger partial charge in [0.05, 0.1) is 5.75 Å². The Morgan fingerprint density at radius 3 is 2.94 bits per heavy atom. The zero-order valence-corrected chi connectivity index (χ0v) is 11.3. The Balaban J connectivity index is 1.89. The minimum Gasteiger partial charge on any atom is -0.481 e. The molecule has 1 N–H and O–H groups in total. The van der Waals surface area contributed by atoms with E-state index in [4.69, 9.17) is 5.11 Å². The third-order valence-corrected chi connectivity index (χ3v) is 4.16. The van der Waals surface area contributed by atoms with Gasteiger partial charge in [-0.1, -0.05) is 11.8 Å². The van der Waals surface area contributed by atoms with Crippen molar-refractivity contribution < 1.29 is 9.90 Å². The largest absolute Gasteiger partial charge is 0.481 e. The van der Waals surface area contributed by atoms with Crippen LogP contribution in [0.25, 0.3) is 0 Å². The maximum absolute atomic E-state index is 10.5. The number of carboxylic acids is 1. The van der Waals surface area contributed by atoms with E-state index in [0.29, 0.717) is 11.1 Å². The molecule has 0 unspecified atom stereocenters. The van der Waals surface area contributed by atoms with Gasteiger partial charge in [-0.15, -0.1) is 10.2 Å². The molecule has 0 aromatic carbocycles. The normalized spacial score (nSPS) is 18.1. The Kier molecular flexibility index (Phi) is 4.60. The number of carboxylic acid groups (broad SMARTS) is 1. The molecule has 2 heterocycles. The van der Waals surface area contributed by atoms with Gasteiger partial charge in [-0.25, -0.2) is 0 Å². The van der Waals surface area contributed by atoms with E-state index in [0.717, 1.165) is 19.6 Å². The maximum atomic E-state index is 10.5. The van der Waals surface area contributed by atoms with Gasteiger partial charge < -0.3 is 14.6 Å². The highest BCUT2D eigenvalue weighted by molar-refractivity contribution is 7.99. The van der Waals surface area contributed by atoms with Gasteiger partial charge in [0.2, 0.25) is 0 Å². The summed E-state index contributed by atoms with van der Waals surface area (Å²) in [4.78, 5) is 12.9. The van der Waals surface area contributed by atoms with Gasteiger partial charge >= 0.3 is 5.97 Å². The van der Waals surface area contributed by atoms with Crippen molar-refractivity contribution >= 4 is 17.7 Å². The van der Waals surface area contributed by atoms with Gasteiger partial charge in [0, 0.05) is 6.54 Å². The predicted molar refractivity (Wildman–Crippen MR) is 68.6 cm³/mol. The number of hydrogen-bond acceptors (Lipinski definition) is 5. The first-order valence-electron chi connectivity index (χ1n) is 6.06. The van der Waals surface area contributed by atoms with E-state index in [9.17, 15) is 4.79 Å². The Labute approximate surface area is 110 Å². The van der Waals surface area contributed by atoms with Crippen LogP contribution in [0.1, 0.15) is 12.8 Å². The van der Waals surface area contributed by atoms with Crippen molar-refractivity contribution in [2.24, 2.45) is 5.92 Å². The Bertz CT molecular complexity index is 402. The third-order valence-electron chi connectivity index (χ3n) is 3.20. The van der Waals surface area contributed by atoms with Crippen LogP contribution in [0.4, 0.5) is 0 Å². The van der Waals surface area contributed by atoms with Crippen LogP contribution in [0.5, 0.6) is 0 Å². The van der Waals surface area contributed by atoms with Crippen molar-refractivity contribution in [2.45, 2.75) is 24.5 Å². The first-order valence-corrected chi connectivity index (χ1v) is 7.04. The summed E-state index contributed by atoms with van der Waals surface area (Å²) in [5, 5.41) is 17.2. The molecule has 0 atom stereocenters. The van der Waals surface area contributed by atoms with Crippen LogP contribution in [-0.2, 0) is 11.3 Å². The molecular weight excluding hydrogens is 252 g/mol. The van der Waals surface area contributed by atoms with Crippen LogP contribution >= 0.6 is 11.8 Å². The number of hydrogen-bond donors (Lipinski definition) is 1. The average Bonchev–Trinajstić information content (AvgIpc) is 2.77. The second-order valence-corrected chi connectivity index (χ2v) is 5.64. The molecule has 7 heteroatoms. The Morgan fingerprint density at radius 2 is 2.28 bits per heavy atom. The molecule has 1 aromatic heterocycles. The summed E-state index contributed by atoms with van der Waals surface area (Å²) in [5.74, 6) is -0.151. The smallest absolute Gasteiger partial charge is 0.313 e. The minimum atomic E-state index is -0.825. The molecule has 1 saturated heterocycles. The fourth-order valence-corrected chi connectivity index (χ4v) is 2.78. The third kappa shape index (κ3) is 3.71. The molecule has 2 rings (SSSR count). The highest BCUT2D eigenvalue weighted by Gasteiger charge is 2.18. The van der Waals surface area contributed by atoms with E-state index >= 15 is 0 Å². The van der Waals surface area contributed by atoms with Crippen molar-refractivity contribution in [1.29, 1.82) is 0 Å². The van der Waals surface area contributed by atoms with Crippen molar-refractivity contribution in [1.82, 2.24) is 19.7 Å². The highest BCUT2D eigenvalue weighted by Crippen LogP contribution is 2.21. The molecule has 100 valence electrons. The molecule has 1 aliphatic heterocycles. The number of carbonyl (C=O) groups is 1. The molecular formula is C11H18N4O2S. The molecule has 0 spiro atoms. The van der Waals surface area contributed by atoms with Crippen LogP contribution in [0, 0.1) is 5.92 Å². The summed E-state index contributed by atoms with van der Waals surface area (Å²) < 4.78 is 1.98. The van der Waals surface area contributed by atoms with Gasteiger partial charge in [0.25, 0.3) is 0 Å². The number of likely N-dealkylation sites (tertiary alicyclic amines) is 1. The van der Waals surface area contributed by atoms with Crippen molar-refractivity contribution in [2.75, 3.05) is 25.9 Å². The van der Waals surface area contributed by atoms with Crippen LogP contribution in [-0.4, -0.2) is 56.6 Å². The van der Waals surface area contributed by atoms with E-state index in [1.165, 1.54) is 24.6 Å². The SMILES string of the molecule is CN1CCC(Cn2cnnc2SCC(=O)O)CC1. The summed E-state index contributed by atoms with van der Waals surface area (Å²) in [5.41, 5.74) is 0. The maximum Gasteiger partial charge on any atom is 0.313 e. The molecule has 1 aliphatic rings. The fourth-order valence-electron chi connectivity index (χ4n) is 2.13. The average molecular weight is 270 g/mol. The van der Waals surface area contributed by atoms with E-state index in [1.54, 1.807) is 6.33 Å². The van der Waals surface area contributed by atoms with E-state index in [1.807, 2.05) is 4.57 Å². The minimum absolute atomic E-state index is 0.0338. The van der Waals surface area contributed by atoms with Gasteiger partial charge in [0.1, 0.15) is 6.33 Å². The fraction of sp³-hybridized carbons (Fsp3) is 0.727. The number of rotatable bonds is 5. The van der Waals surface area contributed by atoms with Crippen LogP contribution in [0.2, 0.25) is 0 Å². The molecule has 18 heavy (non-hydrogen) atoms. The summed E-state index contributed by atoms with van der Waals surface area (Å²) in [6.45, 7) is 3.15. The molecule has 0 aliphatic carbocycles. The Morgan fingerprint density at radius 1 is 1.56 bits per heavy atom. The summed E-state index contributed by atoms with van der Waals surface area (Å²) in [6.07, 6.45) is 4.05. The van der Waals surface area contributed by atoms with E-state index < -0.39 is 5.97 Å². The zero-order chi connectivity index (χ0) is 13.0. The molecule has 1 aromatic rings. The Hall–Kier alpha value is -1.08. The molecule has 0 amide bonds. The summed E-state index contributed by atoms with van der Waals surface area (Å²) in [6, 6.07) is 0. The molecule has 6 nitrogen and oxygen atoms in total. The van der Waals surface area contributed by atoms with Crippen molar-refractivity contribution in [3.05, 3.63) is 6.33 Å². The lowest BCUT2D eigenvalue weighted by Gasteiger charge is -2.29. The molecule has 0 radical (unpaired) electrons. The van der Waals surface area contributed by atoms with E-state index in [-0.39, 0.29) is 5.75 Å². The van der Waals surface area contributed by atoms with E-state index in [2.05, 4.69) is 22.1 Å². The van der Waals surface area contributed by atoms with Crippen LogP contribution in [0.3, 0.4) is 0 Å². The van der Waals surface area contributed by atoms with Crippen molar-refractivity contribution in [3.63, 3.8) is 0 Å². The lowest BCUT2D eigenvalue weighted by molar-refractivity contribution is -0.133. The summed E-state index contributed by atoms with van der Waals surface area (Å²) >= 11 is 1.23. The van der Waals surface area contributed by atoms with Gasteiger partial charge in [-0.3, -0.25) is 4.79 Å². The zero-order valence-electron chi connectivity index (χ0n) is 10.4. The number of aromatic nitrogens is 3. The number of nitrogens with zero attached hydrogens (tertiary/aromatic N) is 4. The van der Waals surface area contributed by atoms with Gasteiger partial charge in [-0.2, -0.15) is 0 Å². The molecule has 0 saturated carbocycles. The molecule has 1 fully saturated rings. The molecule has 0 bridgehead atoms. The highest BCUT2D eigenvalue weighted by atomic mass is 32.2. The van der Waals surface area contributed by atoms with Crippen LogP contribution in [0.15, 0.2) is 11.5 Å². The van der Waals surface area contributed by atoms with Gasteiger partial charge in [-0.05, 0) is 38.9 Å². The van der Waals surface area contributed by atoms with Crippen LogP contribution < -0.4 is 0 Å². The number of aliphatic carboxylic acids is 1. The lowest BCUT2D eigenvalue weighted by atomic mass is 9.97. The quantitative estimate of drug-likeness (QED) is 0.798. The first kappa shape index (κ1) is 13.4. The van der Waals surface area contributed by atoms with Crippen molar-refractivity contribution in [3.8, 4) is 0 Å². The monoisotopic (exact) mass is 270 g/mol. The second-order valence-electron chi connectivity index (χ2n) is 4.69.